The Bertz CT molecular complexity index is 1060. The number of fused-ring (bicyclic) bond motifs is 1. The average Bonchev–Trinajstić information content (AvgIpc) is 3.51. The highest BCUT2D eigenvalue weighted by Gasteiger charge is 2.23. The van der Waals surface area contributed by atoms with Crippen molar-refractivity contribution in [3.63, 3.8) is 0 Å². The zero-order valence-corrected chi connectivity index (χ0v) is 23.3. The Morgan fingerprint density at radius 3 is 2.39 bits per heavy atom. The maximum Gasteiger partial charge on any atom is 0.175 e. The van der Waals surface area contributed by atoms with Gasteiger partial charge in [-0.25, -0.2) is 0 Å². The number of rotatable bonds is 9. The molecule has 0 spiro atoms. The van der Waals surface area contributed by atoms with Crippen molar-refractivity contribution in [1.29, 1.82) is 0 Å². The molecule has 0 amide bonds. The molecular formula is C29H41Cl2N3O2. The van der Waals surface area contributed by atoms with Gasteiger partial charge < -0.3 is 14.2 Å². The molecule has 7 heteroatoms. The molecule has 2 fully saturated rings. The molecule has 0 unspecified atom stereocenters. The number of aryl methyl sites for hydroxylation is 1. The highest BCUT2D eigenvalue weighted by molar-refractivity contribution is 5.86. The molecule has 1 aliphatic carbocycles. The van der Waals surface area contributed by atoms with E-state index in [0.29, 0.717) is 6.10 Å². The summed E-state index contributed by atoms with van der Waals surface area (Å²) >= 11 is 0. The summed E-state index contributed by atoms with van der Waals surface area (Å²) in [6.45, 7) is 4.25. The van der Waals surface area contributed by atoms with Crippen LogP contribution >= 0.6 is 24.8 Å². The average molecular weight is 535 g/mol. The van der Waals surface area contributed by atoms with Crippen LogP contribution in [0.3, 0.4) is 0 Å². The van der Waals surface area contributed by atoms with Gasteiger partial charge in [-0.05, 0) is 102 Å². The summed E-state index contributed by atoms with van der Waals surface area (Å²) in [5.41, 5.74) is 4.58. The maximum atomic E-state index is 6.41. The van der Waals surface area contributed by atoms with E-state index in [1.54, 1.807) is 0 Å². The molecule has 0 atom stereocenters. The number of hydrogen-bond acceptors (Lipinski definition) is 5. The maximum absolute atomic E-state index is 6.41. The van der Waals surface area contributed by atoms with Crippen molar-refractivity contribution in [2.24, 2.45) is 5.92 Å². The predicted molar refractivity (Wildman–Crippen MR) is 152 cm³/mol. The van der Waals surface area contributed by atoms with Gasteiger partial charge in [0.25, 0.3) is 0 Å². The van der Waals surface area contributed by atoms with E-state index in [0.717, 1.165) is 66.2 Å². The Balaban J connectivity index is 0.00000180. The van der Waals surface area contributed by atoms with E-state index in [-0.39, 0.29) is 24.8 Å². The van der Waals surface area contributed by atoms with E-state index < -0.39 is 0 Å². The van der Waals surface area contributed by atoms with Gasteiger partial charge in [0.2, 0.25) is 0 Å². The quantitative estimate of drug-likeness (QED) is 0.299. The van der Waals surface area contributed by atoms with Gasteiger partial charge in [-0.3, -0.25) is 4.90 Å². The van der Waals surface area contributed by atoms with Crippen LogP contribution < -0.4 is 4.74 Å². The first-order valence-electron chi connectivity index (χ1n) is 13.1. The van der Waals surface area contributed by atoms with Crippen LogP contribution in [0.1, 0.15) is 61.8 Å². The summed E-state index contributed by atoms with van der Waals surface area (Å²) < 4.78 is 12.4. The molecule has 1 aliphatic heterocycles. The zero-order chi connectivity index (χ0) is 23.3. The van der Waals surface area contributed by atoms with Crippen LogP contribution in [0, 0.1) is 5.92 Å². The van der Waals surface area contributed by atoms with E-state index in [4.69, 9.17) is 9.26 Å². The van der Waals surface area contributed by atoms with Gasteiger partial charge in [-0.1, -0.05) is 35.5 Å². The lowest BCUT2D eigenvalue weighted by Gasteiger charge is -2.32. The second kappa shape index (κ2) is 13.7. The third-order valence-electron chi connectivity index (χ3n) is 7.59. The monoisotopic (exact) mass is 533 g/mol. The van der Waals surface area contributed by atoms with Crippen molar-refractivity contribution >= 4 is 35.8 Å². The van der Waals surface area contributed by atoms with E-state index in [1.807, 2.05) is 0 Å². The van der Waals surface area contributed by atoms with E-state index >= 15 is 0 Å². The SMILES string of the molecule is CN(C)Cc1c(OC2CCCC2)ccc2c(CCC3CCN(Cc4ccccc4)CC3)noc12.Cl.Cl. The number of benzene rings is 2. The molecular weight excluding hydrogens is 493 g/mol. The molecule has 2 heterocycles. The highest BCUT2D eigenvalue weighted by Crippen LogP contribution is 2.35. The molecule has 5 rings (SSSR count). The number of nitrogens with zero attached hydrogens (tertiary/aromatic N) is 3. The molecule has 3 aromatic rings. The second-order valence-electron chi connectivity index (χ2n) is 10.6. The minimum absolute atomic E-state index is 0. The number of piperidine rings is 1. The lowest BCUT2D eigenvalue weighted by molar-refractivity contribution is 0.172. The fourth-order valence-corrected chi connectivity index (χ4v) is 5.65. The smallest absolute Gasteiger partial charge is 0.175 e. The third kappa shape index (κ3) is 7.16. The van der Waals surface area contributed by atoms with Crippen LogP contribution in [0.15, 0.2) is 47.0 Å². The van der Waals surface area contributed by atoms with Gasteiger partial charge in [0.1, 0.15) is 5.75 Å². The lowest BCUT2D eigenvalue weighted by atomic mass is 9.91. The van der Waals surface area contributed by atoms with Crippen LogP contribution in [0.5, 0.6) is 5.75 Å². The first-order chi connectivity index (χ1) is 16.7. The summed E-state index contributed by atoms with van der Waals surface area (Å²) in [6, 6.07) is 15.2. The van der Waals surface area contributed by atoms with Crippen LogP contribution in [-0.2, 0) is 19.5 Å². The Kier molecular flexibility index (Phi) is 10.9. The van der Waals surface area contributed by atoms with E-state index in [2.05, 4.69) is 71.5 Å². The van der Waals surface area contributed by atoms with Crippen LogP contribution in [-0.4, -0.2) is 48.2 Å². The second-order valence-corrected chi connectivity index (χ2v) is 10.6. The lowest BCUT2D eigenvalue weighted by Crippen LogP contribution is -2.33. The summed E-state index contributed by atoms with van der Waals surface area (Å²) in [5.74, 6) is 1.74. The largest absolute Gasteiger partial charge is 0.490 e. The first-order valence-corrected chi connectivity index (χ1v) is 13.1. The Hall–Kier alpha value is -1.79. The van der Waals surface area contributed by atoms with Crippen molar-refractivity contribution < 1.29 is 9.26 Å². The van der Waals surface area contributed by atoms with Gasteiger partial charge in [-0.2, -0.15) is 0 Å². The van der Waals surface area contributed by atoms with Crippen molar-refractivity contribution in [2.75, 3.05) is 27.2 Å². The molecule has 0 N–H and O–H groups in total. The standard InChI is InChI=1S/C29H39N3O2.2ClH/c1-31(2)21-26-28(33-24-10-6-7-11-24)15-13-25-27(30-34-29(25)26)14-12-22-16-18-32(19-17-22)20-23-8-4-3-5-9-23;;/h3-5,8-9,13,15,22,24H,6-7,10-12,14,16-21H2,1-2H3;2*1H. The topological polar surface area (TPSA) is 41.7 Å². The first kappa shape index (κ1) is 28.8. The van der Waals surface area contributed by atoms with Gasteiger partial charge in [0.05, 0.1) is 17.4 Å². The fraction of sp³-hybridized carbons (Fsp3) is 0.552. The minimum Gasteiger partial charge on any atom is -0.490 e. The van der Waals surface area contributed by atoms with Crippen LogP contribution in [0.4, 0.5) is 0 Å². The number of hydrogen-bond donors (Lipinski definition) is 0. The van der Waals surface area contributed by atoms with Gasteiger partial charge in [0, 0.05) is 18.5 Å². The van der Waals surface area contributed by atoms with Gasteiger partial charge in [-0.15, -0.1) is 24.8 Å². The Morgan fingerprint density at radius 2 is 1.69 bits per heavy atom. The Labute approximate surface area is 228 Å². The molecule has 5 nitrogen and oxygen atoms in total. The van der Waals surface area contributed by atoms with Gasteiger partial charge in [0.15, 0.2) is 5.58 Å². The van der Waals surface area contributed by atoms with E-state index in [9.17, 15) is 0 Å². The fourth-order valence-electron chi connectivity index (χ4n) is 5.65. The molecule has 2 aliphatic rings. The number of halogens is 2. The molecule has 1 aromatic heterocycles. The van der Waals surface area contributed by atoms with E-state index in [1.165, 1.54) is 50.8 Å². The van der Waals surface area contributed by atoms with Gasteiger partial charge >= 0.3 is 0 Å². The zero-order valence-electron chi connectivity index (χ0n) is 21.7. The Morgan fingerprint density at radius 1 is 0.972 bits per heavy atom. The number of likely N-dealkylation sites (tertiary alicyclic amines) is 1. The van der Waals surface area contributed by atoms with Crippen LogP contribution in [0.2, 0.25) is 0 Å². The number of ether oxygens (including phenoxy) is 1. The molecule has 36 heavy (non-hydrogen) atoms. The predicted octanol–water partition coefficient (Wildman–Crippen LogP) is 6.90. The highest BCUT2D eigenvalue weighted by atomic mass is 35.5. The number of aromatic nitrogens is 1. The summed E-state index contributed by atoms with van der Waals surface area (Å²) in [6.07, 6.45) is 9.91. The molecule has 1 saturated carbocycles. The van der Waals surface area contributed by atoms with Crippen molar-refractivity contribution in [3.8, 4) is 5.75 Å². The normalized spacial score (nSPS) is 17.3. The van der Waals surface area contributed by atoms with Crippen molar-refractivity contribution in [1.82, 2.24) is 15.0 Å². The van der Waals surface area contributed by atoms with Crippen LogP contribution in [0.25, 0.3) is 11.0 Å². The third-order valence-corrected chi connectivity index (χ3v) is 7.59. The molecule has 1 saturated heterocycles. The summed E-state index contributed by atoms with van der Waals surface area (Å²) in [5, 5.41) is 5.70. The van der Waals surface area contributed by atoms with Crippen molar-refractivity contribution in [3.05, 3.63) is 59.3 Å². The minimum atomic E-state index is 0. The summed E-state index contributed by atoms with van der Waals surface area (Å²) in [4.78, 5) is 4.78. The molecule has 0 radical (unpaired) electrons. The molecule has 198 valence electrons. The molecule has 2 aromatic carbocycles. The van der Waals surface area contributed by atoms with Crippen molar-refractivity contribution in [2.45, 2.75) is 70.6 Å². The molecule has 0 bridgehead atoms. The summed E-state index contributed by atoms with van der Waals surface area (Å²) in [7, 11) is 4.19.